The Morgan fingerprint density at radius 1 is 1.18 bits per heavy atom. The fourth-order valence-electron chi connectivity index (χ4n) is 4.39. The van der Waals surface area contributed by atoms with E-state index in [0.29, 0.717) is 32.1 Å². The third-order valence-electron chi connectivity index (χ3n) is 6.21. The summed E-state index contributed by atoms with van der Waals surface area (Å²) in [4.78, 5) is 42.6. The van der Waals surface area contributed by atoms with E-state index < -0.39 is 16.9 Å². The van der Waals surface area contributed by atoms with Gasteiger partial charge in [-0.15, -0.1) is 0 Å². The first-order valence-corrected chi connectivity index (χ1v) is 12.7. The van der Waals surface area contributed by atoms with Crippen molar-refractivity contribution in [2.75, 3.05) is 6.61 Å². The zero-order valence-corrected chi connectivity index (χ0v) is 21.7. The number of hydrogen-bond acceptors (Lipinski definition) is 8. The number of thiazole rings is 1. The number of benzene rings is 2. The molecule has 1 atom stereocenters. The number of fused-ring (bicyclic) bond motifs is 1. The third kappa shape index (κ3) is 4.50. The van der Waals surface area contributed by atoms with Crippen LogP contribution in [0, 0.1) is 17.0 Å². The van der Waals surface area contributed by atoms with Crippen LogP contribution in [-0.4, -0.2) is 22.1 Å². The maximum atomic E-state index is 13.7. The lowest BCUT2D eigenvalue weighted by atomic mass is 10.0. The van der Waals surface area contributed by atoms with Crippen LogP contribution in [0.4, 0.5) is 5.69 Å². The van der Waals surface area contributed by atoms with Gasteiger partial charge >= 0.3 is 5.97 Å². The van der Waals surface area contributed by atoms with E-state index in [1.54, 1.807) is 38.1 Å². The normalized spacial score (nSPS) is 15.2. The number of ether oxygens (including phenoxy) is 1. The lowest BCUT2D eigenvalue weighted by Gasteiger charge is -2.22. The maximum absolute atomic E-state index is 13.7. The Morgan fingerprint density at radius 2 is 1.95 bits per heavy atom. The van der Waals surface area contributed by atoms with Gasteiger partial charge in [-0.25, -0.2) is 9.79 Å². The average Bonchev–Trinajstić information content (AvgIpc) is 3.49. The minimum atomic E-state index is -0.920. The van der Waals surface area contributed by atoms with E-state index in [9.17, 15) is 19.7 Å². The predicted octanol–water partition coefficient (Wildman–Crippen LogP) is 4.27. The molecule has 38 heavy (non-hydrogen) atoms. The van der Waals surface area contributed by atoms with Crippen molar-refractivity contribution in [1.82, 2.24) is 4.57 Å². The van der Waals surface area contributed by atoms with Gasteiger partial charge in [0.2, 0.25) is 0 Å². The number of aromatic nitrogens is 1. The van der Waals surface area contributed by atoms with Gasteiger partial charge in [0.15, 0.2) is 4.80 Å². The molecule has 4 aromatic rings. The molecule has 192 valence electrons. The number of nitro benzene ring substituents is 1. The Kier molecular flexibility index (Phi) is 6.64. The fraction of sp³-hybridized carbons (Fsp3) is 0.179. The summed E-state index contributed by atoms with van der Waals surface area (Å²) >= 11 is 1.22. The van der Waals surface area contributed by atoms with Crippen molar-refractivity contribution in [1.29, 1.82) is 0 Å². The molecule has 1 aliphatic heterocycles. The lowest BCUT2D eigenvalue weighted by Crippen LogP contribution is -2.39. The second-order valence-corrected chi connectivity index (χ2v) is 9.68. The Bertz CT molecular complexity index is 1780. The van der Waals surface area contributed by atoms with Crippen molar-refractivity contribution in [2.24, 2.45) is 4.99 Å². The van der Waals surface area contributed by atoms with Crippen molar-refractivity contribution in [3.8, 4) is 11.3 Å². The van der Waals surface area contributed by atoms with Gasteiger partial charge in [0, 0.05) is 17.7 Å². The molecule has 10 heteroatoms. The van der Waals surface area contributed by atoms with Gasteiger partial charge < -0.3 is 9.15 Å². The molecule has 3 heterocycles. The first-order chi connectivity index (χ1) is 18.3. The molecule has 0 fully saturated rings. The number of esters is 1. The number of rotatable bonds is 6. The molecule has 0 saturated carbocycles. The van der Waals surface area contributed by atoms with Crippen LogP contribution in [0.1, 0.15) is 36.8 Å². The molecule has 0 unspecified atom stereocenters. The van der Waals surface area contributed by atoms with Crippen LogP contribution in [0.5, 0.6) is 0 Å². The van der Waals surface area contributed by atoms with E-state index in [2.05, 4.69) is 4.99 Å². The van der Waals surface area contributed by atoms with Gasteiger partial charge in [0.05, 0.1) is 27.3 Å². The number of aryl methyl sites for hydroxylation is 1. The molecule has 0 saturated heterocycles. The monoisotopic (exact) mass is 529 g/mol. The van der Waals surface area contributed by atoms with Gasteiger partial charge in [-0.3, -0.25) is 19.5 Å². The molecule has 0 bridgehead atoms. The number of furan rings is 1. The van der Waals surface area contributed by atoms with E-state index >= 15 is 0 Å². The summed E-state index contributed by atoms with van der Waals surface area (Å²) in [6, 6.07) is 16.4. The van der Waals surface area contributed by atoms with E-state index in [1.807, 2.05) is 37.3 Å². The molecule has 2 aromatic heterocycles. The van der Waals surface area contributed by atoms with Crippen molar-refractivity contribution < 1.29 is 18.9 Å². The topological polar surface area (TPSA) is 117 Å². The lowest BCUT2D eigenvalue weighted by molar-refractivity contribution is -0.384. The summed E-state index contributed by atoms with van der Waals surface area (Å²) in [6.07, 6.45) is 1.78. The van der Waals surface area contributed by atoms with Gasteiger partial charge in [-0.05, 0) is 50.1 Å². The summed E-state index contributed by atoms with van der Waals surface area (Å²) in [5, 5.41) is 11.3. The highest BCUT2D eigenvalue weighted by molar-refractivity contribution is 7.07. The highest BCUT2D eigenvalue weighted by Gasteiger charge is 2.35. The average molecular weight is 530 g/mol. The molecule has 1 aliphatic rings. The predicted molar refractivity (Wildman–Crippen MR) is 142 cm³/mol. The van der Waals surface area contributed by atoms with Crippen molar-refractivity contribution in [2.45, 2.75) is 26.8 Å². The van der Waals surface area contributed by atoms with Crippen LogP contribution < -0.4 is 14.9 Å². The Balaban J connectivity index is 1.70. The summed E-state index contributed by atoms with van der Waals surface area (Å²) in [7, 11) is 0. The Morgan fingerprint density at radius 3 is 2.66 bits per heavy atom. The third-order valence-corrected chi connectivity index (χ3v) is 7.19. The molecular formula is C28H23N3O6S. The standard InChI is InChI=1S/C28H23N3O6S/c1-4-36-27(33)24-17(3)29-28-30(26(32)23(38-28)14-18-8-6-5-7-9-18)25(24)22-13-12-21(37-22)20-15-19(31(34)35)11-10-16(20)2/h5-15,25H,4H2,1-3H3/b23-14-/t25-/m0/s1. The quantitative estimate of drug-likeness (QED) is 0.209. The highest BCUT2D eigenvalue weighted by atomic mass is 32.1. The van der Waals surface area contributed by atoms with Crippen LogP contribution >= 0.6 is 11.3 Å². The summed E-state index contributed by atoms with van der Waals surface area (Å²) in [5.41, 5.74) is 2.41. The van der Waals surface area contributed by atoms with Crippen LogP contribution in [-0.2, 0) is 9.53 Å². The SMILES string of the molecule is CCOC(=O)C1=C(C)N=c2s/c(=C\c3ccccc3)c(=O)n2[C@H]1c1ccc(-c2cc([N+](=O)[O-])ccc2C)o1. The molecule has 5 rings (SSSR count). The molecule has 9 nitrogen and oxygen atoms in total. The van der Waals surface area contributed by atoms with Crippen LogP contribution in [0.3, 0.4) is 0 Å². The summed E-state index contributed by atoms with van der Waals surface area (Å²) in [6.45, 7) is 5.37. The van der Waals surface area contributed by atoms with Gasteiger partial charge in [-0.2, -0.15) is 0 Å². The van der Waals surface area contributed by atoms with Crippen LogP contribution in [0.2, 0.25) is 0 Å². The smallest absolute Gasteiger partial charge is 0.338 e. The zero-order valence-electron chi connectivity index (χ0n) is 20.8. The van der Waals surface area contributed by atoms with Crippen molar-refractivity contribution in [3.63, 3.8) is 0 Å². The van der Waals surface area contributed by atoms with E-state index in [1.165, 1.54) is 28.0 Å². The summed E-state index contributed by atoms with van der Waals surface area (Å²) in [5.74, 6) is 0.0988. The minimum absolute atomic E-state index is 0.0691. The number of carbonyl (C=O) groups is 1. The Hall–Kier alpha value is -4.57. The van der Waals surface area contributed by atoms with E-state index in [4.69, 9.17) is 9.15 Å². The number of nitro groups is 1. The number of hydrogen-bond donors (Lipinski definition) is 0. The number of carbonyl (C=O) groups excluding carboxylic acids is 1. The molecule has 0 spiro atoms. The maximum Gasteiger partial charge on any atom is 0.338 e. The molecular weight excluding hydrogens is 506 g/mol. The van der Waals surface area contributed by atoms with Gasteiger partial charge in [0.25, 0.3) is 11.2 Å². The Labute approximate surface area is 220 Å². The zero-order chi connectivity index (χ0) is 27.0. The largest absolute Gasteiger partial charge is 0.463 e. The number of allylic oxidation sites excluding steroid dienone is 1. The minimum Gasteiger partial charge on any atom is -0.463 e. The molecule has 2 aromatic carbocycles. The van der Waals surface area contributed by atoms with Gasteiger partial charge in [0.1, 0.15) is 17.6 Å². The second kappa shape index (κ2) is 10.1. The first-order valence-electron chi connectivity index (χ1n) is 11.9. The first kappa shape index (κ1) is 25.1. The van der Waals surface area contributed by atoms with E-state index in [0.717, 1.165) is 11.1 Å². The molecule has 0 aliphatic carbocycles. The van der Waals surface area contributed by atoms with Gasteiger partial charge in [-0.1, -0.05) is 47.7 Å². The van der Waals surface area contributed by atoms with Crippen LogP contribution in [0.15, 0.2) is 86.1 Å². The molecule has 0 amide bonds. The molecule has 0 radical (unpaired) electrons. The van der Waals surface area contributed by atoms with E-state index in [-0.39, 0.29) is 23.4 Å². The fourth-order valence-corrected chi connectivity index (χ4v) is 5.44. The van der Waals surface area contributed by atoms with Crippen LogP contribution in [0.25, 0.3) is 17.4 Å². The number of non-ortho nitro benzene ring substituents is 1. The number of nitrogens with zero attached hydrogens (tertiary/aromatic N) is 3. The van der Waals surface area contributed by atoms with Crippen molar-refractivity contribution >= 4 is 29.1 Å². The summed E-state index contributed by atoms with van der Waals surface area (Å²) < 4.78 is 13.4. The second-order valence-electron chi connectivity index (χ2n) is 8.67. The van der Waals surface area contributed by atoms with Crippen molar-refractivity contribution in [3.05, 3.63) is 119 Å². The molecule has 0 N–H and O–H groups in total. The highest BCUT2D eigenvalue weighted by Crippen LogP contribution is 2.36.